The molecule has 0 unspecified atom stereocenters. The lowest BCUT2D eigenvalue weighted by Crippen LogP contribution is -2.60. The average molecular weight is 1330 g/mol. The van der Waals surface area contributed by atoms with Gasteiger partial charge in [0.2, 0.25) is 59.1 Å². The lowest BCUT2D eigenvalue weighted by atomic mass is 10.00. The smallest absolute Gasteiger partial charge is 0.419 e. The van der Waals surface area contributed by atoms with E-state index in [0.29, 0.717) is 59.0 Å². The van der Waals surface area contributed by atoms with E-state index in [9.17, 15) is 43.2 Å². The molecule has 6 rings (SSSR count). The number of unbranched alkanes of at least 4 members (excludes halogenated alkanes) is 2. The fraction of sp³-hybridized carbons (Fsp3) is 0.536. The van der Waals surface area contributed by atoms with Gasteiger partial charge in [0.1, 0.15) is 64.8 Å². The van der Waals surface area contributed by atoms with Crippen molar-refractivity contribution in [3.63, 3.8) is 0 Å². The topological polar surface area (TPSA) is 366 Å². The molecule has 2 aliphatic heterocycles. The number of nitrogens with one attached hydrogen (secondary N) is 8. The summed E-state index contributed by atoms with van der Waals surface area (Å²) in [5, 5.41) is 21.7. The molecule has 0 saturated carbocycles. The molecule has 3 aromatic carbocycles. The Kier molecular flexibility index (Phi) is 27.0. The minimum Gasteiger partial charge on any atom is -0.488 e. The Balaban J connectivity index is 1.43. The van der Waals surface area contributed by atoms with Crippen molar-refractivity contribution < 1.29 is 71.7 Å². The Morgan fingerprint density at radius 2 is 1.14 bits per heavy atom. The highest BCUT2D eigenvalue weighted by molar-refractivity contribution is 6.00. The largest absolute Gasteiger partial charge is 0.488 e. The van der Waals surface area contributed by atoms with Crippen LogP contribution in [0.4, 0.5) is 4.79 Å². The molecule has 27 heteroatoms. The molecule has 7 atom stereocenters. The normalized spacial score (nSPS) is 21.7. The standard InChI is InChI=1S/C69H96N12O15/c1-12-13-15-24-47-60(87)76-50(36-44-41-81(66(93)96-69(8,9)10)52-25-19-18-23-46(44)52)59(86)72-39-56(83)74-48(31-32-70)61(88)78-51(37-58(85)95-68(5,6)7)65(92)80-33-20-26-53(80)63(90)73-38-55(82)71-40-57(84)79(11)54(35-42-21-16-14-17-22-42)64(91)77-49(62(89)75-47)34-43-27-29-45(30-28-43)94-67(2,3)4/h14,16-19,21-23,25,27-30,41,47-51,53-54H,12-13,15,20,24,26,31-40,70H2,1-11H3,(H,71,82)(H,72,86)(H,73,90)(H,74,83)(H,75,89)(H,76,87)(H,77,91)(H,78,88)/t47-,48-,49-,50-,51-,53+,54-/m0/s1. The first-order chi connectivity index (χ1) is 45.2. The molecular weight excluding hydrogens is 1240 g/mol. The molecule has 0 bridgehead atoms. The molecule has 10 N–H and O–H groups in total. The number of hydrogen-bond donors (Lipinski definition) is 9. The number of para-hydroxylation sites is 1. The highest BCUT2D eigenvalue weighted by Crippen LogP contribution is 2.26. The molecule has 2 fully saturated rings. The summed E-state index contributed by atoms with van der Waals surface area (Å²) in [6.45, 7) is 15.2. The summed E-state index contributed by atoms with van der Waals surface area (Å²) in [4.78, 5) is 174. The molecule has 10 amide bonds. The number of benzene rings is 3. The van der Waals surface area contributed by atoms with Gasteiger partial charge in [-0.1, -0.05) is 86.8 Å². The maximum atomic E-state index is 15.2. The van der Waals surface area contributed by atoms with Crippen LogP contribution in [0.5, 0.6) is 5.75 Å². The number of amides is 10. The zero-order valence-corrected chi connectivity index (χ0v) is 57.0. The van der Waals surface area contributed by atoms with Gasteiger partial charge in [-0.25, -0.2) is 4.79 Å². The maximum absolute atomic E-state index is 15.2. The molecule has 0 aliphatic carbocycles. The Labute approximate surface area is 560 Å². The molecule has 3 heterocycles. The Morgan fingerprint density at radius 3 is 1.78 bits per heavy atom. The van der Waals surface area contributed by atoms with Crippen LogP contribution in [0.3, 0.4) is 0 Å². The number of hydrogen-bond acceptors (Lipinski definition) is 16. The van der Waals surface area contributed by atoms with Crippen LogP contribution in [-0.2, 0) is 81.5 Å². The van der Waals surface area contributed by atoms with Gasteiger partial charge in [-0.2, -0.15) is 0 Å². The summed E-state index contributed by atoms with van der Waals surface area (Å²) < 4.78 is 18.6. The van der Waals surface area contributed by atoms with Crippen LogP contribution in [0.2, 0.25) is 0 Å². The second-order valence-electron chi connectivity index (χ2n) is 27.1. The molecule has 96 heavy (non-hydrogen) atoms. The lowest BCUT2D eigenvalue weighted by molar-refractivity contribution is -0.158. The molecule has 1 aromatic heterocycles. The van der Waals surface area contributed by atoms with Gasteiger partial charge in [0, 0.05) is 44.4 Å². The van der Waals surface area contributed by atoms with Gasteiger partial charge < -0.3 is 72.3 Å². The van der Waals surface area contributed by atoms with Crippen molar-refractivity contribution >= 4 is 82.0 Å². The second-order valence-corrected chi connectivity index (χ2v) is 27.1. The zero-order valence-electron chi connectivity index (χ0n) is 57.0. The summed E-state index contributed by atoms with van der Waals surface area (Å²) in [7, 11) is 1.36. The van der Waals surface area contributed by atoms with Crippen molar-refractivity contribution in [2.24, 2.45) is 5.73 Å². The number of carbonyl (C=O) groups is 12. The number of carbonyl (C=O) groups excluding carboxylic acids is 12. The average Bonchev–Trinajstić information content (AvgIpc) is 1.63. The highest BCUT2D eigenvalue weighted by Gasteiger charge is 2.41. The van der Waals surface area contributed by atoms with Gasteiger partial charge >= 0.3 is 12.1 Å². The first-order valence-corrected chi connectivity index (χ1v) is 32.7. The maximum Gasteiger partial charge on any atom is 0.419 e. The number of ether oxygens (including phenoxy) is 3. The molecular formula is C69H96N12O15. The second kappa shape index (κ2) is 34.3. The van der Waals surface area contributed by atoms with Gasteiger partial charge in [0.15, 0.2) is 0 Å². The molecule has 4 aromatic rings. The minimum absolute atomic E-state index is 0.00336. The van der Waals surface area contributed by atoms with Crippen molar-refractivity contribution in [2.45, 2.75) is 199 Å². The van der Waals surface area contributed by atoms with Crippen molar-refractivity contribution in [3.8, 4) is 5.75 Å². The quantitative estimate of drug-likeness (QED) is 0.0610. The van der Waals surface area contributed by atoms with Crippen molar-refractivity contribution in [1.82, 2.24) is 56.9 Å². The van der Waals surface area contributed by atoms with Crippen LogP contribution < -0.4 is 53.0 Å². The number of nitrogens with two attached hydrogens (primary N) is 1. The lowest BCUT2D eigenvalue weighted by Gasteiger charge is -2.30. The van der Waals surface area contributed by atoms with Gasteiger partial charge in [-0.05, 0) is 129 Å². The van der Waals surface area contributed by atoms with Gasteiger partial charge in [0.25, 0.3) is 0 Å². The summed E-state index contributed by atoms with van der Waals surface area (Å²) >= 11 is 0. The fourth-order valence-corrected chi connectivity index (χ4v) is 11.0. The van der Waals surface area contributed by atoms with E-state index in [4.69, 9.17) is 19.9 Å². The summed E-state index contributed by atoms with van der Waals surface area (Å²) in [6.07, 6.45) is 1.51. The molecule has 0 radical (unpaired) electrons. The van der Waals surface area contributed by atoms with Crippen molar-refractivity contribution in [2.75, 3.05) is 39.8 Å². The Hall–Kier alpha value is -9.40. The highest BCUT2D eigenvalue weighted by atomic mass is 16.6. The molecule has 27 nitrogen and oxygen atoms in total. The Morgan fingerprint density at radius 1 is 0.562 bits per heavy atom. The van der Waals surface area contributed by atoms with E-state index >= 15 is 14.4 Å². The van der Waals surface area contributed by atoms with E-state index in [1.54, 1.807) is 120 Å². The van der Waals surface area contributed by atoms with E-state index in [-0.39, 0.29) is 51.6 Å². The van der Waals surface area contributed by atoms with Crippen molar-refractivity contribution in [1.29, 1.82) is 0 Å². The molecule has 2 aliphatic rings. The van der Waals surface area contributed by atoms with Crippen LogP contribution in [0.25, 0.3) is 10.9 Å². The van der Waals surface area contributed by atoms with Crippen LogP contribution in [0.15, 0.2) is 85.1 Å². The summed E-state index contributed by atoms with van der Waals surface area (Å²) in [5.74, 6) is -8.74. The third-order valence-electron chi connectivity index (χ3n) is 15.7. The third-order valence-corrected chi connectivity index (χ3v) is 15.7. The van der Waals surface area contributed by atoms with Crippen LogP contribution in [-0.4, -0.2) is 184 Å². The predicted octanol–water partition coefficient (Wildman–Crippen LogP) is 2.89. The number of likely N-dealkylation sites (N-methyl/N-ethyl adjacent to an activating group) is 1. The first-order valence-electron chi connectivity index (χ1n) is 32.7. The summed E-state index contributed by atoms with van der Waals surface area (Å²) in [6, 6.07) is 12.5. The third kappa shape index (κ3) is 23.2. The van der Waals surface area contributed by atoms with E-state index in [0.717, 1.165) is 9.80 Å². The fourth-order valence-electron chi connectivity index (χ4n) is 11.0. The number of aromatic nitrogens is 1. The number of rotatable bonds is 15. The van der Waals surface area contributed by atoms with E-state index in [2.05, 4.69) is 42.5 Å². The Bertz CT molecular complexity index is 3430. The zero-order chi connectivity index (χ0) is 70.7. The van der Waals surface area contributed by atoms with Gasteiger partial charge in [-0.15, -0.1) is 0 Å². The molecule has 0 spiro atoms. The van der Waals surface area contributed by atoms with Crippen molar-refractivity contribution in [3.05, 3.63) is 102 Å². The van der Waals surface area contributed by atoms with Crippen LogP contribution >= 0.6 is 0 Å². The van der Waals surface area contributed by atoms with Gasteiger partial charge in [0.05, 0.1) is 31.6 Å². The van der Waals surface area contributed by atoms with Crippen LogP contribution in [0.1, 0.15) is 137 Å². The monoisotopic (exact) mass is 1330 g/mol. The van der Waals surface area contributed by atoms with Crippen LogP contribution in [0, 0.1) is 0 Å². The van der Waals surface area contributed by atoms with E-state index in [1.807, 2.05) is 27.7 Å². The first kappa shape index (κ1) is 75.6. The summed E-state index contributed by atoms with van der Waals surface area (Å²) in [5.41, 5.74) is 5.47. The van der Waals surface area contributed by atoms with Gasteiger partial charge in [-0.3, -0.25) is 57.3 Å². The van der Waals surface area contributed by atoms with E-state index in [1.165, 1.54) is 17.8 Å². The van der Waals surface area contributed by atoms with E-state index < -0.39 is 156 Å². The predicted molar refractivity (Wildman–Crippen MR) is 356 cm³/mol. The number of nitrogens with zero attached hydrogens (tertiary/aromatic N) is 3. The minimum atomic E-state index is -1.66. The SMILES string of the molecule is CCCCC[C@@H]1NC(=O)[C@H](Cc2ccc(OC(C)(C)C)cc2)NC(=O)[C@H](Cc2ccccc2)N(C)C(=O)CNC(=O)CNC(=O)[C@H]2CCCN2C(=O)[C@H](CC(=O)OC(C)(C)C)NC(=O)[C@H](CCN)NC(=O)CNC(=O)[C@H](Cc2cn(C(=O)OC(C)(C)C)c3ccccc23)NC1=O. The molecule has 522 valence electrons. The number of esters is 1. The number of fused-ring (bicyclic) bond motifs is 2. The molecule has 2 saturated heterocycles.